The third-order valence-electron chi connectivity index (χ3n) is 5.92. The lowest BCUT2D eigenvalue weighted by Crippen LogP contribution is -2.29. The van der Waals surface area contributed by atoms with Gasteiger partial charge in [-0.3, -0.25) is 4.79 Å². The topological polar surface area (TPSA) is 87.5 Å². The van der Waals surface area contributed by atoms with E-state index in [1.54, 1.807) is 42.3 Å². The van der Waals surface area contributed by atoms with Gasteiger partial charge < -0.3 is 29.7 Å². The van der Waals surface area contributed by atoms with E-state index in [0.717, 1.165) is 24.4 Å². The number of ether oxygens (including phenoxy) is 1. The van der Waals surface area contributed by atoms with Crippen LogP contribution in [0.15, 0.2) is 61.4 Å². The molecule has 2 heterocycles. The number of likely N-dealkylation sites (N-methyl/N-ethyl adjacent to an activating group) is 2. The fraction of sp³-hybridized carbons (Fsp3) is 0.222. The standard InChI is InChI=1S/C27H29F2N7O2/c1-6-26(37)31-20-15-21(24(38-5)16-23(20)35(4)12-11-34(2)3)32-27-30-9-7-25(33-27)36-10-8-17-13-18(28)19(29)14-22(17)36/h6-10,13-16H,1,11-12H2,2-5H3,(H,31,37)(H,30,32,33). The van der Waals surface area contributed by atoms with Crippen LogP contribution in [-0.4, -0.2) is 66.7 Å². The molecule has 0 saturated heterocycles. The van der Waals surface area contributed by atoms with Crippen molar-refractivity contribution in [3.8, 4) is 11.6 Å². The van der Waals surface area contributed by atoms with E-state index < -0.39 is 11.6 Å². The normalized spacial score (nSPS) is 11.0. The van der Waals surface area contributed by atoms with Crippen molar-refractivity contribution in [2.24, 2.45) is 0 Å². The molecule has 0 fully saturated rings. The van der Waals surface area contributed by atoms with E-state index >= 15 is 0 Å². The van der Waals surface area contributed by atoms with Crippen molar-refractivity contribution in [3.63, 3.8) is 0 Å². The smallest absolute Gasteiger partial charge is 0.247 e. The molecular weight excluding hydrogens is 492 g/mol. The van der Waals surface area contributed by atoms with Crippen LogP contribution in [-0.2, 0) is 4.79 Å². The third-order valence-corrected chi connectivity index (χ3v) is 5.92. The predicted octanol–water partition coefficient (Wildman–Crippen LogP) is 4.57. The number of benzene rings is 2. The van der Waals surface area contributed by atoms with Crippen molar-refractivity contribution in [1.29, 1.82) is 0 Å². The van der Waals surface area contributed by atoms with Crippen molar-refractivity contribution in [2.75, 3.05) is 56.9 Å². The summed E-state index contributed by atoms with van der Waals surface area (Å²) < 4.78 is 34.8. The number of fused-ring (bicyclic) bond motifs is 1. The zero-order valence-corrected chi connectivity index (χ0v) is 21.6. The fourth-order valence-electron chi connectivity index (χ4n) is 3.90. The highest BCUT2D eigenvalue weighted by Gasteiger charge is 2.17. The minimum atomic E-state index is -0.945. The van der Waals surface area contributed by atoms with E-state index in [1.165, 1.54) is 6.08 Å². The van der Waals surface area contributed by atoms with Crippen LogP contribution in [0, 0.1) is 11.6 Å². The summed E-state index contributed by atoms with van der Waals surface area (Å²) in [4.78, 5) is 25.1. The number of anilines is 4. The average molecular weight is 522 g/mol. The molecule has 11 heteroatoms. The molecule has 2 aromatic carbocycles. The predicted molar refractivity (Wildman–Crippen MR) is 146 cm³/mol. The molecule has 1 amide bonds. The van der Waals surface area contributed by atoms with Gasteiger partial charge in [0.15, 0.2) is 11.6 Å². The molecule has 38 heavy (non-hydrogen) atoms. The summed E-state index contributed by atoms with van der Waals surface area (Å²) in [5.41, 5.74) is 2.28. The van der Waals surface area contributed by atoms with E-state index in [1.807, 2.05) is 32.1 Å². The summed E-state index contributed by atoms with van der Waals surface area (Å²) in [6.07, 6.45) is 4.42. The molecule has 0 saturated carbocycles. The third kappa shape index (κ3) is 5.73. The second-order valence-corrected chi connectivity index (χ2v) is 8.86. The lowest BCUT2D eigenvalue weighted by Gasteiger charge is -2.26. The fourth-order valence-corrected chi connectivity index (χ4v) is 3.90. The average Bonchev–Trinajstić information content (AvgIpc) is 3.30. The molecule has 0 aliphatic rings. The van der Waals surface area contributed by atoms with Crippen LogP contribution in [0.1, 0.15) is 0 Å². The number of carbonyl (C=O) groups excluding carboxylic acids is 1. The molecule has 2 aromatic heterocycles. The van der Waals surface area contributed by atoms with Gasteiger partial charge in [-0.15, -0.1) is 0 Å². The van der Waals surface area contributed by atoms with Gasteiger partial charge in [0.1, 0.15) is 11.6 Å². The van der Waals surface area contributed by atoms with Gasteiger partial charge in [0.25, 0.3) is 0 Å². The molecule has 9 nitrogen and oxygen atoms in total. The van der Waals surface area contributed by atoms with Gasteiger partial charge in [0.05, 0.1) is 29.7 Å². The molecule has 0 aliphatic heterocycles. The summed E-state index contributed by atoms with van der Waals surface area (Å²) in [5, 5.41) is 6.53. The van der Waals surface area contributed by atoms with E-state index in [-0.39, 0.29) is 11.9 Å². The number of rotatable bonds is 10. The number of nitrogens with one attached hydrogen (secondary N) is 2. The Bertz CT molecular complexity index is 1490. The minimum absolute atomic E-state index is 0.236. The van der Waals surface area contributed by atoms with Crippen LogP contribution in [0.2, 0.25) is 0 Å². The van der Waals surface area contributed by atoms with Crippen LogP contribution in [0.4, 0.5) is 31.8 Å². The van der Waals surface area contributed by atoms with Crippen molar-refractivity contribution < 1.29 is 18.3 Å². The highest BCUT2D eigenvalue weighted by atomic mass is 19.2. The Morgan fingerprint density at radius 1 is 1.11 bits per heavy atom. The van der Waals surface area contributed by atoms with E-state index in [4.69, 9.17) is 4.74 Å². The lowest BCUT2D eigenvalue weighted by atomic mass is 10.2. The van der Waals surface area contributed by atoms with E-state index in [2.05, 4.69) is 32.1 Å². The SMILES string of the molecule is C=CC(=O)Nc1cc(Nc2nccc(-n3ccc4cc(F)c(F)cc43)n2)c(OC)cc1N(C)CCN(C)C. The Morgan fingerprint density at radius 2 is 1.87 bits per heavy atom. The lowest BCUT2D eigenvalue weighted by molar-refractivity contribution is -0.111. The van der Waals surface area contributed by atoms with Crippen molar-refractivity contribution in [1.82, 2.24) is 19.4 Å². The second-order valence-electron chi connectivity index (χ2n) is 8.86. The molecule has 0 aliphatic carbocycles. The summed E-state index contributed by atoms with van der Waals surface area (Å²) in [6, 6.07) is 9.15. The molecule has 4 aromatic rings. The van der Waals surface area contributed by atoms with Crippen LogP contribution >= 0.6 is 0 Å². The van der Waals surface area contributed by atoms with Crippen molar-refractivity contribution in [3.05, 3.63) is 73.1 Å². The first kappa shape index (κ1) is 26.6. The van der Waals surface area contributed by atoms with Crippen LogP contribution in [0.3, 0.4) is 0 Å². The van der Waals surface area contributed by atoms with Crippen LogP contribution < -0.4 is 20.3 Å². The molecular formula is C27H29F2N7O2. The molecule has 0 spiro atoms. The van der Waals surface area contributed by atoms with Gasteiger partial charge in [-0.05, 0) is 44.4 Å². The highest BCUT2D eigenvalue weighted by Crippen LogP contribution is 2.38. The Hall–Kier alpha value is -4.51. The Labute approximate surface area is 219 Å². The number of amides is 1. The molecule has 0 bridgehead atoms. The van der Waals surface area contributed by atoms with Gasteiger partial charge in [0.2, 0.25) is 11.9 Å². The molecule has 2 N–H and O–H groups in total. The number of halogens is 2. The quantitative estimate of drug-likeness (QED) is 0.296. The molecule has 0 unspecified atom stereocenters. The Balaban J connectivity index is 1.70. The first-order valence-corrected chi connectivity index (χ1v) is 11.8. The van der Waals surface area contributed by atoms with Crippen LogP contribution in [0.5, 0.6) is 5.75 Å². The zero-order chi connectivity index (χ0) is 27.4. The van der Waals surface area contributed by atoms with E-state index in [0.29, 0.717) is 40.4 Å². The maximum atomic E-state index is 13.9. The number of hydrogen-bond donors (Lipinski definition) is 2. The maximum Gasteiger partial charge on any atom is 0.247 e. The van der Waals surface area contributed by atoms with Gasteiger partial charge in [-0.25, -0.2) is 13.8 Å². The molecule has 0 radical (unpaired) electrons. The van der Waals surface area contributed by atoms with Gasteiger partial charge >= 0.3 is 0 Å². The Morgan fingerprint density at radius 3 is 2.58 bits per heavy atom. The number of hydrogen-bond acceptors (Lipinski definition) is 7. The first-order valence-electron chi connectivity index (χ1n) is 11.8. The minimum Gasteiger partial charge on any atom is -0.494 e. The molecule has 0 atom stereocenters. The summed E-state index contributed by atoms with van der Waals surface area (Å²) in [6.45, 7) is 5.05. The van der Waals surface area contributed by atoms with Crippen molar-refractivity contribution in [2.45, 2.75) is 0 Å². The number of methoxy groups -OCH3 is 1. The first-order chi connectivity index (χ1) is 18.2. The van der Waals surface area contributed by atoms with Gasteiger partial charge in [-0.2, -0.15) is 4.98 Å². The molecule has 198 valence electrons. The highest BCUT2D eigenvalue weighted by molar-refractivity contribution is 6.02. The van der Waals surface area contributed by atoms with Crippen LogP contribution in [0.25, 0.3) is 16.7 Å². The summed E-state index contributed by atoms with van der Waals surface area (Å²) in [7, 11) is 7.45. The second kappa shape index (κ2) is 11.3. The summed E-state index contributed by atoms with van der Waals surface area (Å²) in [5.74, 6) is -1.03. The molecule has 4 rings (SSSR count). The number of carbonyl (C=O) groups is 1. The van der Waals surface area contributed by atoms with Crippen molar-refractivity contribution >= 4 is 39.8 Å². The number of aromatic nitrogens is 3. The van der Waals surface area contributed by atoms with Gasteiger partial charge in [0, 0.05) is 50.0 Å². The monoisotopic (exact) mass is 521 g/mol. The Kier molecular flexibility index (Phi) is 7.87. The summed E-state index contributed by atoms with van der Waals surface area (Å²) >= 11 is 0. The maximum absolute atomic E-state index is 13.9. The van der Waals surface area contributed by atoms with E-state index in [9.17, 15) is 13.6 Å². The number of nitrogens with zero attached hydrogens (tertiary/aromatic N) is 5. The van der Waals surface area contributed by atoms with Gasteiger partial charge in [-0.1, -0.05) is 6.58 Å². The zero-order valence-electron chi connectivity index (χ0n) is 21.6. The largest absolute Gasteiger partial charge is 0.494 e.